The van der Waals surface area contributed by atoms with Crippen LogP contribution in [0.15, 0.2) is 77.0 Å². The topological polar surface area (TPSA) is 77.4 Å². The molecule has 1 amide bonds. The zero-order chi connectivity index (χ0) is 21.9. The van der Waals surface area contributed by atoms with Crippen LogP contribution in [-0.4, -0.2) is 26.0 Å². The van der Waals surface area contributed by atoms with Crippen molar-refractivity contribution in [3.8, 4) is 5.75 Å². The molecule has 3 rings (SSSR count). The number of carbonyl (C=O) groups excluding carboxylic acids is 1. The third-order valence-corrected chi connectivity index (χ3v) is 6.92. The van der Waals surface area contributed by atoms with Gasteiger partial charge in [-0.25, -0.2) is 8.42 Å². The van der Waals surface area contributed by atoms with E-state index in [2.05, 4.69) is 11.9 Å². The molecule has 1 heterocycles. The van der Waals surface area contributed by atoms with Crippen LogP contribution < -0.4 is 10.1 Å². The fourth-order valence-corrected chi connectivity index (χ4v) is 4.98. The van der Waals surface area contributed by atoms with Crippen LogP contribution in [0, 0.1) is 13.8 Å². The molecule has 0 bridgehead atoms. The molecule has 6 nitrogen and oxygen atoms in total. The lowest BCUT2D eigenvalue weighted by Gasteiger charge is -2.13. The Kier molecular flexibility index (Phi) is 6.12. The third-order valence-electron chi connectivity index (χ3n) is 4.99. The summed E-state index contributed by atoms with van der Waals surface area (Å²) < 4.78 is 33.9. The summed E-state index contributed by atoms with van der Waals surface area (Å²) in [4.78, 5) is 13.0. The van der Waals surface area contributed by atoms with Gasteiger partial charge in [0.2, 0.25) is 9.84 Å². The number of aromatic nitrogens is 1. The molecule has 0 saturated carbocycles. The van der Waals surface area contributed by atoms with E-state index in [4.69, 9.17) is 4.74 Å². The van der Waals surface area contributed by atoms with E-state index in [1.165, 1.54) is 19.2 Å². The lowest BCUT2D eigenvalue weighted by molar-refractivity contribution is 0.102. The quantitative estimate of drug-likeness (QED) is 0.571. The van der Waals surface area contributed by atoms with Crippen molar-refractivity contribution in [3.05, 3.63) is 84.1 Å². The predicted molar refractivity (Wildman–Crippen MR) is 117 cm³/mol. The maximum atomic E-state index is 13.5. The van der Waals surface area contributed by atoms with Crippen molar-refractivity contribution in [2.24, 2.45) is 0 Å². The molecule has 1 N–H and O–H groups in total. The molecule has 1 aromatic heterocycles. The average Bonchev–Trinajstić information content (AvgIpc) is 2.99. The number of allylic oxidation sites excluding steroid dienone is 1. The number of sulfone groups is 1. The van der Waals surface area contributed by atoms with Gasteiger partial charge in [0.05, 0.1) is 12.0 Å². The van der Waals surface area contributed by atoms with E-state index in [0.29, 0.717) is 23.4 Å². The van der Waals surface area contributed by atoms with Crippen LogP contribution in [-0.2, 0) is 16.4 Å². The first-order chi connectivity index (χ1) is 14.3. The van der Waals surface area contributed by atoms with Crippen LogP contribution in [0.2, 0.25) is 0 Å². The number of nitrogens with zero attached hydrogens (tertiary/aromatic N) is 1. The third kappa shape index (κ3) is 3.89. The predicted octanol–water partition coefficient (Wildman–Crippen LogP) is 4.38. The molecule has 0 radical (unpaired) electrons. The molecular formula is C23H24N2O4S. The average molecular weight is 425 g/mol. The molecular weight excluding hydrogens is 400 g/mol. The summed E-state index contributed by atoms with van der Waals surface area (Å²) in [6.07, 6.45) is 1.66. The van der Waals surface area contributed by atoms with Crippen LogP contribution in [0.1, 0.15) is 21.6 Å². The van der Waals surface area contributed by atoms with Gasteiger partial charge in [0.15, 0.2) is 0 Å². The van der Waals surface area contributed by atoms with E-state index in [1.807, 2.05) is 13.0 Å². The Balaban J connectivity index is 2.16. The number of anilines is 1. The van der Waals surface area contributed by atoms with E-state index in [1.54, 1.807) is 54.0 Å². The summed E-state index contributed by atoms with van der Waals surface area (Å²) in [7, 11) is -2.38. The highest BCUT2D eigenvalue weighted by molar-refractivity contribution is 7.91. The number of benzene rings is 2. The Morgan fingerprint density at radius 2 is 1.73 bits per heavy atom. The normalized spacial score (nSPS) is 11.2. The first kappa shape index (κ1) is 21.4. The zero-order valence-electron chi connectivity index (χ0n) is 17.2. The standard InChI is InChI=1S/C23H24N2O4S/c1-5-15-25-17(3)16(2)21(22(25)24-23(26)18-9-7-6-8-10-18)30(27,28)20-13-11-19(29-4)12-14-20/h5-14H,1,15H2,2-4H3,(H,24,26). The SMILES string of the molecule is C=CCn1c(C)c(C)c(S(=O)(=O)c2ccc(OC)cc2)c1NC(=O)c1ccccc1. The Morgan fingerprint density at radius 1 is 1.10 bits per heavy atom. The Morgan fingerprint density at radius 3 is 2.30 bits per heavy atom. The van der Waals surface area contributed by atoms with Crippen LogP contribution in [0.4, 0.5) is 5.82 Å². The minimum atomic E-state index is -3.90. The lowest BCUT2D eigenvalue weighted by Crippen LogP contribution is -2.18. The first-order valence-electron chi connectivity index (χ1n) is 9.37. The Labute approximate surface area is 176 Å². The highest BCUT2D eigenvalue weighted by atomic mass is 32.2. The second kappa shape index (κ2) is 8.59. The Hall–Kier alpha value is -3.32. The smallest absolute Gasteiger partial charge is 0.256 e. The second-order valence-electron chi connectivity index (χ2n) is 6.79. The molecule has 156 valence electrons. The van der Waals surface area contributed by atoms with Crippen molar-refractivity contribution in [1.82, 2.24) is 4.57 Å². The highest BCUT2D eigenvalue weighted by Gasteiger charge is 2.30. The van der Waals surface area contributed by atoms with Gasteiger partial charge in [0, 0.05) is 17.8 Å². The molecule has 0 aliphatic heterocycles. The number of carbonyl (C=O) groups is 1. The van der Waals surface area contributed by atoms with Gasteiger partial charge in [0.1, 0.15) is 16.5 Å². The van der Waals surface area contributed by atoms with Crippen LogP contribution >= 0.6 is 0 Å². The van der Waals surface area contributed by atoms with Gasteiger partial charge in [0.25, 0.3) is 5.91 Å². The highest BCUT2D eigenvalue weighted by Crippen LogP contribution is 2.36. The fourth-order valence-electron chi connectivity index (χ4n) is 3.29. The van der Waals surface area contributed by atoms with Gasteiger partial charge in [-0.05, 0) is 55.8 Å². The van der Waals surface area contributed by atoms with Gasteiger partial charge >= 0.3 is 0 Å². The summed E-state index contributed by atoms with van der Waals surface area (Å²) >= 11 is 0. The molecule has 0 aliphatic rings. The summed E-state index contributed by atoms with van der Waals surface area (Å²) in [5.41, 5.74) is 1.76. The van der Waals surface area contributed by atoms with Crippen LogP contribution in [0.25, 0.3) is 0 Å². The molecule has 2 aromatic carbocycles. The largest absolute Gasteiger partial charge is 0.497 e. The molecule has 7 heteroatoms. The molecule has 0 saturated heterocycles. The first-order valence-corrected chi connectivity index (χ1v) is 10.9. The number of rotatable bonds is 7. The van der Waals surface area contributed by atoms with Gasteiger partial charge in [-0.2, -0.15) is 0 Å². The Bertz CT molecular complexity index is 1180. The van der Waals surface area contributed by atoms with E-state index >= 15 is 0 Å². The number of hydrogen-bond donors (Lipinski definition) is 1. The number of ether oxygens (including phenoxy) is 1. The maximum absolute atomic E-state index is 13.5. The number of methoxy groups -OCH3 is 1. The van der Waals surface area contributed by atoms with Gasteiger partial charge in [-0.15, -0.1) is 6.58 Å². The fraction of sp³-hybridized carbons (Fsp3) is 0.174. The van der Waals surface area contributed by atoms with Crippen molar-refractivity contribution >= 4 is 21.6 Å². The summed E-state index contributed by atoms with van der Waals surface area (Å²) in [5, 5.41) is 2.81. The molecule has 0 fully saturated rings. The lowest BCUT2D eigenvalue weighted by atomic mass is 10.2. The zero-order valence-corrected chi connectivity index (χ0v) is 18.0. The summed E-state index contributed by atoms with van der Waals surface area (Å²) in [6.45, 7) is 7.68. The summed E-state index contributed by atoms with van der Waals surface area (Å²) in [6, 6.07) is 14.8. The van der Waals surface area contributed by atoms with Crippen LogP contribution in [0.3, 0.4) is 0 Å². The summed E-state index contributed by atoms with van der Waals surface area (Å²) in [5.74, 6) is 0.405. The van der Waals surface area contributed by atoms with E-state index in [-0.39, 0.29) is 21.5 Å². The number of hydrogen-bond acceptors (Lipinski definition) is 4. The van der Waals surface area contributed by atoms with Crippen molar-refractivity contribution in [3.63, 3.8) is 0 Å². The second-order valence-corrected chi connectivity index (χ2v) is 8.67. The molecule has 0 aliphatic carbocycles. The number of nitrogens with one attached hydrogen (secondary N) is 1. The molecule has 30 heavy (non-hydrogen) atoms. The number of amides is 1. The van der Waals surface area contributed by atoms with Crippen molar-refractivity contribution in [1.29, 1.82) is 0 Å². The van der Waals surface area contributed by atoms with E-state index < -0.39 is 9.84 Å². The molecule has 0 spiro atoms. The van der Waals surface area contributed by atoms with Crippen LogP contribution in [0.5, 0.6) is 5.75 Å². The monoisotopic (exact) mass is 424 g/mol. The van der Waals surface area contributed by atoms with Gasteiger partial charge in [-0.1, -0.05) is 24.3 Å². The maximum Gasteiger partial charge on any atom is 0.256 e. The minimum absolute atomic E-state index is 0.0799. The van der Waals surface area contributed by atoms with Crippen molar-refractivity contribution in [2.75, 3.05) is 12.4 Å². The van der Waals surface area contributed by atoms with Gasteiger partial charge in [-0.3, -0.25) is 4.79 Å². The van der Waals surface area contributed by atoms with Crippen molar-refractivity contribution in [2.45, 2.75) is 30.2 Å². The molecule has 3 aromatic rings. The minimum Gasteiger partial charge on any atom is -0.497 e. The van der Waals surface area contributed by atoms with E-state index in [9.17, 15) is 13.2 Å². The molecule has 0 atom stereocenters. The van der Waals surface area contributed by atoms with Gasteiger partial charge < -0.3 is 14.6 Å². The molecule has 0 unspecified atom stereocenters. The van der Waals surface area contributed by atoms with E-state index in [0.717, 1.165) is 5.69 Å². The van der Waals surface area contributed by atoms with Crippen molar-refractivity contribution < 1.29 is 17.9 Å².